The molecule has 0 unspecified atom stereocenters. The van der Waals surface area contributed by atoms with Gasteiger partial charge in [-0.15, -0.1) is 12.4 Å². The molecule has 1 aliphatic rings. The highest BCUT2D eigenvalue weighted by Crippen LogP contribution is 2.31. The number of fused-ring (bicyclic) bond motifs is 1. The SMILES string of the molecule is Cl.Nc1ccc(CC(=O)N2CCCc3cc(OC(F)F)ccc32)cc1. The lowest BCUT2D eigenvalue weighted by atomic mass is 10.0. The molecular formula is C18H19ClF2N2O2. The lowest BCUT2D eigenvalue weighted by molar-refractivity contribution is -0.118. The number of amides is 1. The number of nitrogens with zero attached hydrogens (tertiary/aromatic N) is 1. The monoisotopic (exact) mass is 368 g/mol. The first-order valence-corrected chi connectivity index (χ1v) is 7.75. The molecule has 0 aliphatic carbocycles. The summed E-state index contributed by atoms with van der Waals surface area (Å²) >= 11 is 0. The number of aryl methyl sites for hydroxylation is 1. The van der Waals surface area contributed by atoms with Gasteiger partial charge in [-0.3, -0.25) is 4.79 Å². The lowest BCUT2D eigenvalue weighted by Gasteiger charge is -2.30. The quantitative estimate of drug-likeness (QED) is 0.835. The summed E-state index contributed by atoms with van der Waals surface area (Å²) in [6.07, 6.45) is 1.80. The van der Waals surface area contributed by atoms with Gasteiger partial charge in [0, 0.05) is 17.9 Å². The van der Waals surface area contributed by atoms with E-state index in [9.17, 15) is 13.6 Å². The van der Waals surface area contributed by atoms with Crippen LogP contribution in [0.1, 0.15) is 17.5 Å². The first kappa shape index (κ1) is 19.0. The van der Waals surface area contributed by atoms with Gasteiger partial charge in [0.15, 0.2) is 0 Å². The van der Waals surface area contributed by atoms with Crippen LogP contribution in [0.4, 0.5) is 20.2 Å². The van der Waals surface area contributed by atoms with Gasteiger partial charge in [-0.25, -0.2) is 0 Å². The van der Waals surface area contributed by atoms with Crippen LogP contribution in [0.15, 0.2) is 42.5 Å². The van der Waals surface area contributed by atoms with Gasteiger partial charge in [-0.2, -0.15) is 8.78 Å². The standard InChI is InChI=1S/C18H18F2N2O2.ClH/c19-18(20)24-15-7-8-16-13(11-15)2-1-9-22(16)17(23)10-12-3-5-14(21)6-4-12;/h3-8,11,18H,1-2,9-10,21H2;1H. The molecule has 1 amide bonds. The van der Waals surface area contributed by atoms with Crippen molar-refractivity contribution in [3.8, 4) is 5.75 Å². The minimum absolute atomic E-state index is 0. The summed E-state index contributed by atoms with van der Waals surface area (Å²) < 4.78 is 29.1. The van der Waals surface area contributed by atoms with Crippen LogP contribution in [0.3, 0.4) is 0 Å². The molecule has 0 bridgehead atoms. The summed E-state index contributed by atoms with van der Waals surface area (Å²) in [5, 5.41) is 0. The Kier molecular flexibility index (Phi) is 6.20. The van der Waals surface area contributed by atoms with Gasteiger partial charge < -0.3 is 15.4 Å². The normalized spacial score (nSPS) is 13.2. The van der Waals surface area contributed by atoms with E-state index in [1.54, 1.807) is 29.2 Å². The largest absolute Gasteiger partial charge is 0.435 e. The number of rotatable bonds is 4. The summed E-state index contributed by atoms with van der Waals surface area (Å²) in [6.45, 7) is -2.23. The number of nitrogens with two attached hydrogens (primary N) is 1. The van der Waals surface area contributed by atoms with E-state index in [0.717, 1.165) is 29.7 Å². The highest BCUT2D eigenvalue weighted by Gasteiger charge is 2.23. The predicted molar refractivity (Wildman–Crippen MR) is 95.6 cm³/mol. The van der Waals surface area contributed by atoms with Crippen molar-refractivity contribution in [2.75, 3.05) is 17.2 Å². The predicted octanol–water partition coefficient (Wildman–Crippen LogP) is 3.81. The zero-order valence-corrected chi connectivity index (χ0v) is 14.3. The molecule has 3 rings (SSSR count). The first-order chi connectivity index (χ1) is 11.5. The van der Waals surface area contributed by atoms with E-state index in [1.807, 2.05) is 12.1 Å². The smallest absolute Gasteiger partial charge is 0.387 e. The molecule has 0 atom stereocenters. The van der Waals surface area contributed by atoms with E-state index in [0.29, 0.717) is 12.2 Å². The van der Waals surface area contributed by atoms with Crippen molar-refractivity contribution in [3.05, 3.63) is 53.6 Å². The Labute approximate surface area is 151 Å². The highest BCUT2D eigenvalue weighted by molar-refractivity contribution is 5.96. The first-order valence-electron chi connectivity index (χ1n) is 7.75. The van der Waals surface area contributed by atoms with E-state index in [1.165, 1.54) is 6.07 Å². The van der Waals surface area contributed by atoms with Gasteiger partial charge in [-0.05, 0) is 54.3 Å². The highest BCUT2D eigenvalue weighted by atomic mass is 35.5. The number of alkyl halides is 2. The van der Waals surface area contributed by atoms with Crippen LogP contribution in [0, 0.1) is 0 Å². The Morgan fingerprint density at radius 3 is 2.60 bits per heavy atom. The fraction of sp³-hybridized carbons (Fsp3) is 0.278. The number of ether oxygens (including phenoxy) is 1. The fourth-order valence-electron chi connectivity index (χ4n) is 2.91. The van der Waals surface area contributed by atoms with Crippen LogP contribution >= 0.6 is 12.4 Å². The summed E-state index contributed by atoms with van der Waals surface area (Å²) in [4.78, 5) is 14.3. The number of benzene rings is 2. The molecule has 0 radical (unpaired) electrons. The maximum absolute atomic E-state index is 12.6. The van der Waals surface area contributed by atoms with Crippen molar-refractivity contribution >= 4 is 29.7 Å². The third kappa shape index (κ3) is 4.60. The minimum atomic E-state index is -2.85. The van der Waals surface area contributed by atoms with Crippen LogP contribution in [0.5, 0.6) is 5.75 Å². The fourth-order valence-corrected chi connectivity index (χ4v) is 2.91. The molecule has 0 aromatic heterocycles. The van der Waals surface area contributed by atoms with E-state index >= 15 is 0 Å². The van der Waals surface area contributed by atoms with E-state index in [2.05, 4.69) is 4.74 Å². The molecule has 134 valence electrons. The average molecular weight is 369 g/mol. The second-order valence-corrected chi connectivity index (χ2v) is 5.74. The molecule has 2 aromatic carbocycles. The van der Waals surface area contributed by atoms with Crippen molar-refractivity contribution < 1.29 is 18.3 Å². The van der Waals surface area contributed by atoms with E-state index in [-0.39, 0.29) is 30.5 Å². The topological polar surface area (TPSA) is 55.6 Å². The van der Waals surface area contributed by atoms with Gasteiger partial charge >= 0.3 is 6.61 Å². The van der Waals surface area contributed by atoms with E-state index in [4.69, 9.17) is 5.73 Å². The summed E-state index contributed by atoms with van der Waals surface area (Å²) in [5.74, 6) is 0.0971. The molecule has 1 aliphatic heterocycles. The van der Waals surface area contributed by atoms with Crippen LogP contribution in [0.2, 0.25) is 0 Å². The Morgan fingerprint density at radius 1 is 1.20 bits per heavy atom. The van der Waals surface area contributed by atoms with Crippen molar-refractivity contribution in [2.24, 2.45) is 0 Å². The Morgan fingerprint density at radius 2 is 1.92 bits per heavy atom. The molecule has 25 heavy (non-hydrogen) atoms. The number of carbonyl (C=O) groups is 1. The van der Waals surface area contributed by atoms with Crippen LogP contribution in [-0.4, -0.2) is 19.1 Å². The second kappa shape index (κ2) is 8.16. The number of anilines is 2. The number of nitrogen functional groups attached to an aromatic ring is 1. The van der Waals surface area contributed by atoms with Crippen LogP contribution < -0.4 is 15.4 Å². The van der Waals surface area contributed by atoms with Crippen molar-refractivity contribution in [1.29, 1.82) is 0 Å². The van der Waals surface area contributed by atoms with Crippen molar-refractivity contribution in [3.63, 3.8) is 0 Å². The molecule has 2 N–H and O–H groups in total. The third-order valence-electron chi connectivity index (χ3n) is 4.03. The van der Waals surface area contributed by atoms with Crippen LogP contribution in [0.25, 0.3) is 0 Å². The van der Waals surface area contributed by atoms with Gasteiger partial charge in [0.1, 0.15) is 5.75 Å². The summed E-state index contributed by atoms with van der Waals surface area (Å²) in [6, 6.07) is 11.9. The zero-order valence-electron chi connectivity index (χ0n) is 13.5. The van der Waals surface area contributed by atoms with Gasteiger partial charge in [0.25, 0.3) is 0 Å². The Bertz CT molecular complexity index is 738. The van der Waals surface area contributed by atoms with E-state index < -0.39 is 6.61 Å². The number of halogens is 3. The summed E-state index contributed by atoms with van der Waals surface area (Å²) in [7, 11) is 0. The maximum atomic E-state index is 12.6. The lowest BCUT2D eigenvalue weighted by Crippen LogP contribution is -2.36. The van der Waals surface area contributed by atoms with Crippen molar-refractivity contribution in [2.45, 2.75) is 25.9 Å². The van der Waals surface area contributed by atoms with Gasteiger partial charge in [0.05, 0.1) is 6.42 Å². The number of hydrogen-bond donors (Lipinski definition) is 1. The van der Waals surface area contributed by atoms with Crippen molar-refractivity contribution in [1.82, 2.24) is 0 Å². The molecule has 7 heteroatoms. The molecule has 0 saturated carbocycles. The third-order valence-corrected chi connectivity index (χ3v) is 4.03. The molecular weight excluding hydrogens is 350 g/mol. The minimum Gasteiger partial charge on any atom is -0.435 e. The summed E-state index contributed by atoms with van der Waals surface area (Å²) in [5.41, 5.74) is 8.81. The van der Waals surface area contributed by atoms with Gasteiger partial charge in [0.2, 0.25) is 5.91 Å². The Hall–Kier alpha value is -2.34. The average Bonchev–Trinajstić information content (AvgIpc) is 2.55. The Balaban J connectivity index is 0.00000225. The molecule has 1 heterocycles. The maximum Gasteiger partial charge on any atom is 0.387 e. The molecule has 0 spiro atoms. The second-order valence-electron chi connectivity index (χ2n) is 5.74. The number of carbonyl (C=O) groups excluding carboxylic acids is 1. The molecule has 0 saturated heterocycles. The molecule has 4 nitrogen and oxygen atoms in total. The molecule has 0 fully saturated rings. The molecule has 2 aromatic rings. The number of hydrogen-bond acceptors (Lipinski definition) is 3. The van der Waals surface area contributed by atoms with Crippen LogP contribution in [-0.2, 0) is 17.6 Å². The van der Waals surface area contributed by atoms with Gasteiger partial charge in [-0.1, -0.05) is 12.1 Å². The zero-order chi connectivity index (χ0) is 17.1.